The van der Waals surface area contributed by atoms with Crippen LogP contribution in [0.5, 0.6) is 0 Å². The first kappa shape index (κ1) is 16.9. The molecule has 1 saturated heterocycles. The molecule has 1 aliphatic carbocycles. The van der Waals surface area contributed by atoms with Gasteiger partial charge in [0.1, 0.15) is 0 Å². The van der Waals surface area contributed by atoms with Crippen molar-refractivity contribution in [2.75, 3.05) is 19.6 Å². The number of H-pyrrole nitrogens is 1. The van der Waals surface area contributed by atoms with Gasteiger partial charge in [0, 0.05) is 42.1 Å². The van der Waals surface area contributed by atoms with Crippen LogP contribution in [0.2, 0.25) is 0 Å². The molecule has 2 fully saturated rings. The summed E-state index contributed by atoms with van der Waals surface area (Å²) in [6, 6.07) is 8.31. The van der Waals surface area contributed by atoms with Crippen molar-refractivity contribution in [3.05, 3.63) is 35.5 Å². The van der Waals surface area contributed by atoms with Crippen LogP contribution in [-0.2, 0) is 11.2 Å². The van der Waals surface area contributed by atoms with Gasteiger partial charge >= 0.3 is 6.03 Å². The number of carbonyl (C=O) groups is 2. The van der Waals surface area contributed by atoms with E-state index in [2.05, 4.69) is 34.7 Å². The number of benzene rings is 1. The Bertz CT molecular complexity index is 818. The first-order chi connectivity index (χ1) is 12.6. The summed E-state index contributed by atoms with van der Waals surface area (Å²) in [7, 11) is 0. The third-order valence-corrected chi connectivity index (χ3v) is 5.67. The maximum Gasteiger partial charge on any atom is 0.317 e. The van der Waals surface area contributed by atoms with E-state index in [1.54, 1.807) is 4.90 Å². The lowest BCUT2D eigenvalue weighted by Crippen LogP contribution is -2.63. The molecule has 6 heteroatoms. The van der Waals surface area contributed by atoms with Crippen LogP contribution in [0.1, 0.15) is 30.5 Å². The molecule has 0 bridgehead atoms. The van der Waals surface area contributed by atoms with Crippen LogP contribution < -0.4 is 10.6 Å². The molecular weight excluding hydrogens is 328 g/mol. The quantitative estimate of drug-likeness (QED) is 0.771. The van der Waals surface area contributed by atoms with Crippen molar-refractivity contribution in [3.63, 3.8) is 0 Å². The first-order valence-corrected chi connectivity index (χ1v) is 9.51. The van der Waals surface area contributed by atoms with Crippen LogP contribution in [0.25, 0.3) is 10.9 Å². The Labute approximate surface area is 153 Å². The lowest BCUT2D eigenvalue weighted by Gasteiger charge is -2.40. The molecule has 1 saturated carbocycles. The van der Waals surface area contributed by atoms with Crippen LogP contribution in [0.15, 0.2) is 24.3 Å². The number of aromatic amines is 1. The highest BCUT2D eigenvalue weighted by atomic mass is 16.2. The number of amides is 3. The summed E-state index contributed by atoms with van der Waals surface area (Å²) >= 11 is 0. The number of hydrogen-bond donors (Lipinski definition) is 3. The smallest absolute Gasteiger partial charge is 0.317 e. The number of aryl methyl sites for hydroxylation is 1. The zero-order valence-corrected chi connectivity index (χ0v) is 15.2. The number of likely N-dealkylation sites (tertiary alicyclic amines) is 1. The number of urea groups is 1. The molecule has 0 unspecified atom stereocenters. The zero-order valence-electron chi connectivity index (χ0n) is 15.2. The lowest BCUT2D eigenvalue weighted by molar-refractivity contribution is -0.129. The van der Waals surface area contributed by atoms with E-state index in [4.69, 9.17) is 0 Å². The summed E-state index contributed by atoms with van der Waals surface area (Å²) in [4.78, 5) is 29.3. The number of fused-ring (bicyclic) bond motifs is 1. The highest BCUT2D eigenvalue weighted by molar-refractivity contribution is 5.84. The largest absolute Gasteiger partial charge is 0.358 e. The second-order valence-corrected chi connectivity index (χ2v) is 7.49. The molecule has 1 aliphatic heterocycles. The molecule has 6 nitrogen and oxygen atoms in total. The predicted molar refractivity (Wildman–Crippen MR) is 101 cm³/mol. The number of hydrogen-bond acceptors (Lipinski definition) is 2. The minimum Gasteiger partial charge on any atom is -0.358 e. The molecule has 0 atom stereocenters. The van der Waals surface area contributed by atoms with Crippen molar-refractivity contribution >= 4 is 22.8 Å². The van der Waals surface area contributed by atoms with Gasteiger partial charge < -0.3 is 20.5 Å². The fourth-order valence-corrected chi connectivity index (χ4v) is 3.79. The Balaban J connectivity index is 1.21. The second kappa shape index (κ2) is 7.02. The van der Waals surface area contributed by atoms with E-state index < -0.39 is 0 Å². The van der Waals surface area contributed by atoms with Crippen molar-refractivity contribution < 1.29 is 9.59 Å². The second-order valence-electron chi connectivity index (χ2n) is 7.49. The molecule has 26 heavy (non-hydrogen) atoms. The molecule has 0 spiro atoms. The monoisotopic (exact) mass is 354 g/mol. The number of carbonyl (C=O) groups excluding carboxylic acids is 2. The molecule has 2 aliphatic rings. The normalized spacial score (nSPS) is 17.7. The molecule has 0 radical (unpaired) electrons. The number of para-hydroxylation sites is 1. The average Bonchev–Trinajstić information content (AvgIpc) is 2.84. The SMILES string of the molecule is Cc1[nH]c2ccccc2c1CCNC(=O)N1CC(NC(=O)C2CCC2)C1. The van der Waals surface area contributed by atoms with Gasteiger partial charge in [-0.1, -0.05) is 24.6 Å². The zero-order chi connectivity index (χ0) is 18.1. The van der Waals surface area contributed by atoms with Crippen LogP contribution in [0.3, 0.4) is 0 Å². The average molecular weight is 354 g/mol. The Morgan fingerprint density at radius 2 is 2.00 bits per heavy atom. The summed E-state index contributed by atoms with van der Waals surface area (Å²) in [5.74, 6) is 0.369. The van der Waals surface area contributed by atoms with Crippen LogP contribution in [-0.4, -0.2) is 47.5 Å². The van der Waals surface area contributed by atoms with Crippen molar-refractivity contribution in [2.24, 2.45) is 5.92 Å². The third kappa shape index (κ3) is 3.28. The van der Waals surface area contributed by atoms with Gasteiger partial charge in [-0.05, 0) is 37.8 Å². The van der Waals surface area contributed by atoms with Crippen LogP contribution >= 0.6 is 0 Å². The highest BCUT2D eigenvalue weighted by Crippen LogP contribution is 2.26. The number of nitrogens with zero attached hydrogens (tertiary/aromatic N) is 1. The van der Waals surface area contributed by atoms with Gasteiger partial charge in [-0.25, -0.2) is 4.79 Å². The van der Waals surface area contributed by atoms with Crippen molar-refractivity contribution in [3.8, 4) is 0 Å². The van der Waals surface area contributed by atoms with E-state index in [1.165, 1.54) is 10.9 Å². The Hall–Kier alpha value is -2.50. The predicted octanol–water partition coefficient (Wildman–Crippen LogP) is 2.33. The highest BCUT2D eigenvalue weighted by Gasteiger charge is 2.34. The van der Waals surface area contributed by atoms with Crippen molar-refractivity contribution in [2.45, 2.75) is 38.6 Å². The van der Waals surface area contributed by atoms with Gasteiger partial charge in [0.25, 0.3) is 0 Å². The topological polar surface area (TPSA) is 77.2 Å². The molecule has 4 rings (SSSR count). The molecule has 1 aromatic carbocycles. The summed E-state index contributed by atoms with van der Waals surface area (Å²) in [6.45, 7) is 3.89. The third-order valence-electron chi connectivity index (χ3n) is 5.67. The Kier molecular flexibility index (Phi) is 4.57. The molecular formula is C20H26N4O2. The summed E-state index contributed by atoms with van der Waals surface area (Å²) < 4.78 is 0. The van der Waals surface area contributed by atoms with Gasteiger partial charge in [-0.15, -0.1) is 0 Å². The van der Waals surface area contributed by atoms with E-state index in [-0.39, 0.29) is 23.9 Å². The Morgan fingerprint density at radius 1 is 1.23 bits per heavy atom. The van der Waals surface area contributed by atoms with E-state index in [0.29, 0.717) is 19.6 Å². The van der Waals surface area contributed by atoms with Crippen LogP contribution in [0.4, 0.5) is 4.79 Å². The van der Waals surface area contributed by atoms with Gasteiger partial charge in [-0.2, -0.15) is 0 Å². The molecule has 2 heterocycles. The van der Waals surface area contributed by atoms with E-state index in [0.717, 1.165) is 36.9 Å². The summed E-state index contributed by atoms with van der Waals surface area (Å²) in [6.07, 6.45) is 3.98. The number of aromatic nitrogens is 1. The Morgan fingerprint density at radius 3 is 2.73 bits per heavy atom. The maximum absolute atomic E-state index is 12.2. The molecule has 3 amide bonds. The fraction of sp³-hybridized carbons (Fsp3) is 0.500. The number of nitrogens with one attached hydrogen (secondary N) is 3. The fourth-order valence-electron chi connectivity index (χ4n) is 3.79. The van der Waals surface area contributed by atoms with Crippen molar-refractivity contribution in [1.29, 1.82) is 0 Å². The first-order valence-electron chi connectivity index (χ1n) is 9.51. The van der Waals surface area contributed by atoms with E-state index >= 15 is 0 Å². The standard InChI is InChI=1S/C20H26N4O2/c1-13-16(17-7-2-3-8-18(17)22-13)9-10-21-20(26)24-11-15(12-24)23-19(25)14-5-4-6-14/h2-3,7-8,14-15,22H,4-6,9-12H2,1H3,(H,21,26)(H,23,25). The summed E-state index contributed by atoms with van der Waals surface area (Å²) in [5.41, 5.74) is 3.55. The molecule has 3 N–H and O–H groups in total. The summed E-state index contributed by atoms with van der Waals surface area (Å²) in [5, 5.41) is 7.26. The molecule has 138 valence electrons. The van der Waals surface area contributed by atoms with Gasteiger partial charge in [0.05, 0.1) is 6.04 Å². The molecule has 1 aromatic heterocycles. The number of rotatable bonds is 5. The van der Waals surface area contributed by atoms with E-state index in [9.17, 15) is 9.59 Å². The minimum absolute atomic E-state index is 0.0448. The van der Waals surface area contributed by atoms with Gasteiger partial charge in [-0.3, -0.25) is 4.79 Å². The minimum atomic E-state index is -0.0448. The molecule has 2 aromatic rings. The van der Waals surface area contributed by atoms with Crippen molar-refractivity contribution in [1.82, 2.24) is 20.5 Å². The van der Waals surface area contributed by atoms with Gasteiger partial charge in [0.15, 0.2) is 0 Å². The maximum atomic E-state index is 12.2. The van der Waals surface area contributed by atoms with E-state index in [1.807, 2.05) is 12.1 Å². The van der Waals surface area contributed by atoms with Gasteiger partial charge in [0.2, 0.25) is 5.91 Å². The van der Waals surface area contributed by atoms with Crippen LogP contribution in [0, 0.1) is 12.8 Å². The lowest BCUT2D eigenvalue weighted by atomic mass is 9.84.